The zero-order valence-electron chi connectivity index (χ0n) is 9.87. The van der Waals surface area contributed by atoms with Crippen molar-refractivity contribution in [2.24, 2.45) is 0 Å². The molecule has 2 rings (SSSR count). The molecule has 0 aromatic heterocycles. The molecule has 1 aliphatic carbocycles. The van der Waals surface area contributed by atoms with Crippen molar-refractivity contribution in [1.29, 1.82) is 0 Å². The lowest BCUT2D eigenvalue weighted by Gasteiger charge is -2.33. The minimum atomic E-state index is -0.510. The topological polar surface area (TPSA) is 78.7 Å². The number of nitro benzene ring substituents is 1. The molecule has 0 aliphatic heterocycles. The Morgan fingerprint density at radius 1 is 1.28 bits per heavy atom. The van der Waals surface area contributed by atoms with Crippen LogP contribution in [-0.4, -0.2) is 30.2 Å². The molecule has 6 heteroatoms. The summed E-state index contributed by atoms with van der Waals surface area (Å²) in [5, 5.41) is 10.5. The van der Waals surface area contributed by atoms with Crippen LogP contribution in [0.15, 0.2) is 24.3 Å². The lowest BCUT2D eigenvalue weighted by molar-refractivity contribution is -0.384. The van der Waals surface area contributed by atoms with E-state index in [0.29, 0.717) is 18.4 Å². The van der Waals surface area contributed by atoms with Gasteiger partial charge >= 0.3 is 5.97 Å². The van der Waals surface area contributed by atoms with Crippen LogP contribution >= 0.6 is 0 Å². The number of hydrogen-bond donors (Lipinski definition) is 0. The first kappa shape index (κ1) is 12.5. The monoisotopic (exact) mass is 251 g/mol. The molecule has 1 saturated carbocycles. The van der Waals surface area contributed by atoms with Gasteiger partial charge < -0.3 is 9.47 Å². The van der Waals surface area contributed by atoms with Crippen LogP contribution in [0.3, 0.4) is 0 Å². The fraction of sp³-hybridized carbons (Fsp3) is 0.417. The van der Waals surface area contributed by atoms with E-state index in [4.69, 9.17) is 9.47 Å². The average molecular weight is 251 g/mol. The maximum absolute atomic E-state index is 11.7. The van der Waals surface area contributed by atoms with E-state index in [2.05, 4.69) is 0 Å². The molecule has 1 fully saturated rings. The van der Waals surface area contributed by atoms with E-state index in [1.807, 2.05) is 0 Å². The second-order valence-electron chi connectivity index (χ2n) is 4.16. The van der Waals surface area contributed by atoms with E-state index in [-0.39, 0.29) is 17.9 Å². The highest BCUT2D eigenvalue weighted by Gasteiger charge is 2.32. The van der Waals surface area contributed by atoms with E-state index in [1.54, 1.807) is 7.11 Å². The van der Waals surface area contributed by atoms with Crippen LogP contribution in [0.5, 0.6) is 0 Å². The molecule has 0 radical (unpaired) electrons. The fourth-order valence-corrected chi connectivity index (χ4v) is 1.74. The minimum absolute atomic E-state index is 0.0466. The van der Waals surface area contributed by atoms with Crippen molar-refractivity contribution in [2.75, 3.05) is 7.11 Å². The number of methoxy groups -OCH3 is 1. The number of ether oxygens (including phenoxy) is 2. The molecule has 0 N–H and O–H groups in total. The van der Waals surface area contributed by atoms with Gasteiger partial charge in [-0.2, -0.15) is 0 Å². The van der Waals surface area contributed by atoms with Crippen LogP contribution < -0.4 is 0 Å². The van der Waals surface area contributed by atoms with Crippen LogP contribution in [0.25, 0.3) is 0 Å². The third kappa shape index (κ3) is 2.65. The van der Waals surface area contributed by atoms with Gasteiger partial charge in [-0.3, -0.25) is 10.1 Å². The quantitative estimate of drug-likeness (QED) is 0.464. The number of hydrogen-bond acceptors (Lipinski definition) is 5. The van der Waals surface area contributed by atoms with Crippen molar-refractivity contribution in [3.05, 3.63) is 39.9 Å². The van der Waals surface area contributed by atoms with Gasteiger partial charge in [-0.1, -0.05) is 0 Å². The maximum Gasteiger partial charge on any atom is 0.338 e. The van der Waals surface area contributed by atoms with Crippen LogP contribution in [-0.2, 0) is 9.47 Å². The zero-order valence-corrected chi connectivity index (χ0v) is 9.87. The molecule has 0 saturated heterocycles. The molecule has 1 aromatic rings. The number of nitro groups is 1. The molecule has 18 heavy (non-hydrogen) atoms. The predicted octanol–water partition coefficient (Wildman–Crippen LogP) is 1.93. The van der Waals surface area contributed by atoms with Crippen molar-refractivity contribution in [2.45, 2.75) is 25.0 Å². The molecule has 1 aliphatic rings. The van der Waals surface area contributed by atoms with Gasteiger partial charge in [-0.15, -0.1) is 0 Å². The molecule has 0 unspecified atom stereocenters. The van der Waals surface area contributed by atoms with Crippen molar-refractivity contribution in [3.8, 4) is 0 Å². The van der Waals surface area contributed by atoms with Gasteiger partial charge in [0.05, 0.1) is 16.6 Å². The predicted molar refractivity (Wildman–Crippen MR) is 62.3 cm³/mol. The Balaban J connectivity index is 1.91. The highest BCUT2D eigenvalue weighted by molar-refractivity contribution is 5.89. The summed E-state index contributed by atoms with van der Waals surface area (Å²) in [7, 11) is 1.62. The summed E-state index contributed by atoms with van der Waals surface area (Å²) in [4.78, 5) is 21.6. The first-order valence-electron chi connectivity index (χ1n) is 5.58. The third-order valence-electron chi connectivity index (χ3n) is 2.97. The van der Waals surface area contributed by atoms with Gasteiger partial charge in [0.2, 0.25) is 0 Å². The summed E-state index contributed by atoms with van der Waals surface area (Å²) in [6, 6.07) is 5.37. The van der Waals surface area contributed by atoms with Gasteiger partial charge in [0.15, 0.2) is 0 Å². The average Bonchev–Trinajstić information content (AvgIpc) is 2.33. The second kappa shape index (κ2) is 5.14. The van der Waals surface area contributed by atoms with Crippen molar-refractivity contribution in [3.63, 3.8) is 0 Å². The molecular formula is C12H13NO5. The minimum Gasteiger partial charge on any atom is -0.459 e. The summed E-state index contributed by atoms with van der Waals surface area (Å²) in [6.07, 6.45) is 1.46. The van der Waals surface area contributed by atoms with Crippen LogP contribution in [0.2, 0.25) is 0 Å². The Labute approximate surface area is 104 Å². The second-order valence-corrected chi connectivity index (χ2v) is 4.16. The maximum atomic E-state index is 11.7. The van der Waals surface area contributed by atoms with Gasteiger partial charge in [0.1, 0.15) is 6.10 Å². The lowest BCUT2D eigenvalue weighted by atomic mass is 9.92. The number of non-ortho nitro benzene ring substituents is 1. The van der Waals surface area contributed by atoms with Gasteiger partial charge in [0, 0.05) is 32.1 Å². The molecule has 0 heterocycles. The van der Waals surface area contributed by atoms with Crippen molar-refractivity contribution in [1.82, 2.24) is 0 Å². The highest BCUT2D eigenvalue weighted by Crippen LogP contribution is 2.26. The van der Waals surface area contributed by atoms with Crippen molar-refractivity contribution >= 4 is 11.7 Å². The summed E-state index contributed by atoms with van der Waals surface area (Å²) >= 11 is 0. The summed E-state index contributed by atoms with van der Waals surface area (Å²) in [6.45, 7) is 0. The zero-order chi connectivity index (χ0) is 13.1. The molecule has 0 atom stereocenters. The highest BCUT2D eigenvalue weighted by atomic mass is 16.6. The molecule has 0 spiro atoms. The van der Waals surface area contributed by atoms with Gasteiger partial charge in [-0.25, -0.2) is 4.79 Å². The largest absolute Gasteiger partial charge is 0.459 e. The third-order valence-corrected chi connectivity index (χ3v) is 2.97. The number of rotatable bonds is 4. The summed E-state index contributed by atoms with van der Waals surface area (Å²) in [5.74, 6) is -0.454. The Kier molecular flexibility index (Phi) is 3.57. The molecular weight excluding hydrogens is 238 g/mol. The Morgan fingerprint density at radius 2 is 1.89 bits per heavy atom. The normalized spacial score (nSPS) is 22.1. The number of esters is 1. The van der Waals surface area contributed by atoms with Gasteiger partial charge in [0.25, 0.3) is 5.69 Å². The number of carbonyl (C=O) groups is 1. The Bertz CT molecular complexity index is 450. The van der Waals surface area contributed by atoms with Gasteiger partial charge in [-0.05, 0) is 12.1 Å². The number of benzene rings is 1. The standard InChI is InChI=1S/C12H13NO5/c1-17-10-6-11(7-10)18-12(14)8-2-4-9(5-3-8)13(15)16/h2-5,10-11H,6-7H2,1H3. The first-order valence-corrected chi connectivity index (χ1v) is 5.58. The van der Waals surface area contributed by atoms with E-state index in [9.17, 15) is 14.9 Å². The van der Waals surface area contributed by atoms with Crippen LogP contribution in [0, 0.1) is 10.1 Å². The molecule has 1 aromatic carbocycles. The summed E-state index contributed by atoms with van der Waals surface area (Å²) < 4.78 is 10.3. The van der Waals surface area contributed by atoms with Crippen molar-refractivity contribution < 1.29 is 19.2 Å². The van der Waals surface area contributed by atoms with E-state index >= 15 is 0 Å². The van der Waals surface area contributed by atoms with E-state index < -0.39 is 10.9 Å². The van der Waals surface area contributed by atoms with E-state index in [0.717, 1.165) is 0 Å². The smallest absolute Gasteiger partial charge is 0.338 e. The SMILES string of the molecule is COC1CC(OC(=O)c2ccc([N+](=O)[O-])cc2)C1. The Morgan fingerprint density at radius 3 is 2.39 bits per heavy atom. The van der Waals surface area contributed by atoms with Crippen LogP contribution in [0.1, 0.15) is 23.2 Å². The molecule has 96 valence electrons. The first-order chi connectivity index (χ1) is 8.60. The number of carbonyl (C=O) groups excluding carboxylic acids is 1. The molecule has 6 nitrogen and oxygen atoms in total. The Hall–Kier alpha value is -1.95. The van der Waals surface area contributed by atoms with Crippen LogP contribution in [0.4, 0.5) is 5.69 Å². The molecule has 0 bridgehead atoms. The van der Waals surface area contributed by atoms with E-state index in [1.165, 1.54) is 24.3 Å². The molecule has 0 amide bonds. The fourth-order valence-electron chi connectivity index (χ4n) is 1.74. The lowest BCUT2D eigenvalue weighted by Crippen LogP contribution is -2.38. The number of nitrogens with zero attached hydrogens (tertiary/aromatic N) is 1. The summed E-state index contributed by atoms with van der Waals surface area (Å²) in [5.41, 5.74) is 0.274.